The van der Waals surface area contributed by atoms with Gasteiger partial charge in [-0.05, 0) is 32.9 Å². The van der Waals surface area contributed by atoms with Crippen LogP contribution in [0.2, 0.25) is 0 Å². The molecule has 0 aliphatic heterocycles. The molecule has 1 amide bonds. The molecule has 0 bridgehead atoms. The molecule has 4 nitrogen and oxygen atoms in total. The van der Waals surface area contributed by atoms with E-state index in [4.69, 9.17) is 0 Å². The Bertz CT molecular complexity index is 461. The number of halogens is 1. The van der Waals surface area contributed by atoms with Crippen LogP contribution in [-0.4, -0.2) is 41.7 Å². The van der Waals surface area contributed by atoms with Crippen LogP contribution in [0.3, 0.4) is 0 Å². The molecule has 0 aromatic heterocycles. The number of carbonyl (C=O) groups is 1. The summed E-state index contributed by atoms with van der Waals surface area (Å²) in [6, 6.07) is 4.39. The zero-order valence-corrected chi connectivity index (χ0v) is 11.8. The standard InChI is InChI=1S/C14H21FN2O2/c1-5-16-12-10(7-6-8-11(12)15)13(19)17(4)14(2,3)9-18/h6-8,16,18H,5,9H2,1-4H3. The molecular formula is C14H21FN2O2. The predicted molar refractivity (Wildman–Crippen MR) is 73.8 cm³/mol. The third-order valence-corrected chi connectivity index (χ3v) is 3.20. The van der Waals surface area contributed by atoms with Crippen LogP contribution in [0.1, 0.15) is 31.1 Å². The Balaban J connectivity index is 3.16. The fourth-order valence-electron chi connectivity index (χ4n) is 1.62. The molecule has 1 aromatic carbocycles. The van der Waals surface area contributed by atoms with Crippen molar-refractivity contribution < 1.29 is 14.3 Å². The average molecular weight is 268 g/mol. The second-order valence-electron chi connectivity index (χ2n) is 5.03. The maximum atomic E-state index is 13.8. The van der Waals surface area contributed by atoms with E-state index in [0.717, 1.165) is 0 Å². The molecule has 0 saturated heterocycles. The summed E-state index contributed by atoms with van der Waals surface area (Å²) in [5.41, 5.74) is -0.228. The number of hydrogen-bond donors (Lipinski definition) is 2. The summed E-state index contributed by atoms with van der Waals surface area (Å²) in [5, 5.41) is 12.2. The number of aliphatic hydroxyl groups excluding tert-OH is 1. The van der Waals surface area contributed by atoms with Crippen molar-refractivity contribution in [2.45, 2.75) is 26.3 Å². The zero-order valence-electron chi connectivity index (χ0n) is 11.8. The van der Waals surface area contributed by atoms with E-state index in [1.165, 1.54) is 17.0 Å². The van der Waals surface area contributed by atoms with Crippen molar-refractivity contribution >= 4 is 11.6 Å². The van der Waals surface area contributed by atoms with Crippen LogP contribution in [0.15, 0.2) is 18.2 Å². The first-order valence-corrected chi connectivity index (χ1v) is 6.26. The van der Waals surface area contributed by atoms with Gasteiger partial charge in [0.15, 0.2) is 0 Å². The Labute approximate surface area is 113 Å². The van der Waals surface area contributed by atoms with Gasteiger partial charge in [0.2, 0.25) is 0 Å². The summed E-state index contributed by atoms with van der Waals surface area (Å²) >= 11 is 0. The highest BCUT2D eigenvalue weighted by Gasteiger charge is 2.29. The molecule has 0 atom stereocenters. The van der Waals surface area contributed by atoms with E-state index in [9.17, 15) is 14.3 Å². The van der Waals surface area contributed by atoms with Crippen LogP contribution in [0.25, 0.3) is 0 Å². The van der Waals surface area contributed by atoms with Gasteiger partial charge in [0.1, 0.15) is 5.82 Å². The number of nitrogens with one attached hydrogen (secondary N) is 1. The van der Waals surface area contributed by atoms with Crippen LogP contribution in [0.5, 0.6) is 0 Å². The molecule has 2 N–H and O–H groups in total. The number of rotatable bonds is 5. The van der Waals surface area contributed by atoms with E-state index in [0.29, 0.717) is 6.54 Å². The van der Waals surface area contributed by atoms with Crippen LogP contribution in [0, 0.1) is 5.82 Å². The molecule has 0 fully saturated rings. The molecule has 1 rings (SSSR count). The molecule has 1 aromatic rings. The van der Waals surface area contributed by atoms with Gasteiger partial charge in [-0.1, -0.05) is 6.07 Å². The van der Waals surface area contributed by atoms with Gasteiger partial charge in [0, 0.05) is 13.6 Å². The molecular weight excluding hydrogens is 247 g/mol. The summed E-state index contributed by atoms with van der Waals surface area (Å²) in [5.74, 6) is -0.780. The monoisotopic (exact) mass is 268 g/mol. The van der Waals surface area contributed by atoms with E-state index in [-0.39, 0.29) is 23.8 Å². The van der Waals surface area contributed by atoms with Crippen LogP contribution >= 0.6 is 0 Å². The third kappa shape index (κ3) is 3.23. The van der Waals surface area contributed by atoms with Crippen LogP contribution in [-0.2, 0) is 0 Å². The molecule has 0 aliphatic carbocycles. The number of nitrogens with zero attached hydrogens (tertiary/aromatic N) is 1. The lowest BCUT2D eigenvalue weighted by atomic mass is 10.0. The van der Waals surface area contributed by atoms with Crippen molar-refractivity contribution in [2.75, 3.05) is 25.5 Å². The SMILES string of the molecule is CCNc1c(F)cccc1C(=O)N(C)C(C)(C)CO. The Hall–Kier alpha value is -1.62. The highest BCUT2D eigenvalue weighted by atomic mass is 19.1. The van der Waals surface area contributed by atoms with Crippen LogP contribution in [0.4, 0.5) is 10.1 Å². The lowest BCUT2D eigenvalue weighted by molar-refractivity contribution is 0.0474. The van der Waals surface area contributed by atoms with Gasteiger partial charge in [0.05, 0.1) is 23.4 Å². The number of anilines is 1. The second kappa shape index (κ2) is 6.02. The highest BCUT2D eigenvalue weighted by Crippen LogP contribution is 2.23. The smallest absolute Gasteiger partial charge is 0.256 e. The molecule has 19 heavy (non-hydrogen) atoms. The molecule has 0 spiro atoms. The Kier molecular flexibility index (Phi) is 4.89. The summed E-state index contributed by atoms with van der Waals surface area (Å²) in [4.78, 5) is 13.8. The first kappa shape index (κ1) is 15.4. The molecule has 0 aliphatic rings. The Morgan fingerprint density at radius 1 is 1.47 bits per heavy atom. The zero-order chi connectivity index (χ0) is 14.6. The van der Waals surface area contributed by atoms with E-state index in [1.807, 2.05) is 6.92 Å². The third-order valence-electron chi connectivity index (χ3n) is 3.20. The van der Waals surface area contributed by atoms with E-state index in [1.54, 1.807) is 27.0 Å². The topological polar surface area (TPSA) is 52.6 Å². The molecule has 5 heteroatoms. The fourth-order valence-corrected chi connectivity index (χ4v) is 1.62. The van der Waals surface area contributed by atoms with Crippen LogP contribution < -0.4 is 5.32 Å². The van der Waals surface area contributed by atoms with Gasteiger partial charge in [0.25, 0.3) is 5.91 Å². The first-order chi connectivity index (χ1) is 8.85. The van der Waals surface area contributed by atoms with Gasteiger partial charge < -0.3 is 15.3 Å². The van der Waals surface area contributed by atoms with E-state index in [2.05, 4.69) is 5.32 Å². The molecule has 0 heterocycles. The summed E-state index contributed by atoms with van der Waals surface area (Å²) in [7, 11) is 1.60. The van der Waals surface area contributed by atoms with Crippen molar-refractivity contribution in [1.82, 2.24) is 4.90 Å². The quantitative estimate of drug-likeness (QED) is 0.860. The van der Waals surface area contributed by atoms with E-state index < -0.39 is 11.4 Å². The number of benzene rings is 1. The maximum Gasteiger partial charge on any atom is 0.256 e. The van der Waals surface area contributed by atoms with Gasteiger partial charge in [-0.15, -0.1) is 0 Å². The lowest BCUT2D eigenvalue weighted by Crippen LogP contribution is -2.47. The second-order valence-corrected chi connectivity index (χ2v) is 5.03. The Morgan fingerprint density at radius 2 is 2.11 bits per heavy atom. The molecule has 106 valence electrons. The minimum Gasteiger partial charge on any atom is -0.394 e. The fraction of sp³-hybridized carbons (Fsp3) is 0.500. The average Bonchev–Trinajstić information content (AvgIpc) is 2.39. The van der Waals surface area contributed by atoms with Crippen molar-refractivity contribution in [3.63, 3.8) is 0 Å². The number of amides is 1. The molecule has 0 radical (unpaired) electrons. The molecule has 0 unspecified atom stereocenters. The normalized spacial score (nSPS) is 11.3. The van der Waals surface area contributed by atoms with Crippen molar-refractivity contribution in [1.29, 1.82) is 0 Å². The minimum atomic E-state index is -0.702. The van der Waals surface area contributed by atoms with Gasteiger partial charge >= 0.3 is 0 Å². The van der Waals surface area contributed by atoms with Crippen molar-refractivity contribution in [3.05, 3.63) is 29.6 Å². The van der Waals surface area contributed by atoms with E-state index >= 15 is 0 Å². The number of para-hydroxylation sites is 1. The highest BCUT2D eigenvalue weighted by molar-refractivity contribution is 6.00. The van der Waals surface area contributed by atoms with Crippen molar-refractivity contribution in [3.8, 4) is 0 Å². The number of hydrogen-bond acceptors (Lipinski definition) is 3. The number of carbonyl (C=O) groups excluding carboxylic acids is 1. The first-order valence-electron chi connectivity index (χ1n) is 6.26. The maximum absolute atomic E-state index is 13.8. The number of likely N-dealkylation sites (N-methyl/N-ethyl adjacent to an activating group) is 1. The summed E-state index contributed by atoms with van der Waals surface area (Å²) in [6.07, 6.45) is 0. The summed E-state index contributed by atoms with van der Waals surface area (Å²) < 4.78 is 13.8. The van der Waals surface area contributed by atoms with Gasteiger partial charge in [-0.3, -0.25) is 4.79 Å². The lowest BCUT2D eigenvalue weighted by Gasteiger charge is -2.34. The van der Waals surface area contributed by atoms with Gasteiger partial charge in [-0.25, -0.2) is 4.39 Å². The Morgan fingerprint density at radius 3 is 2.63 bits per heavy atom. The predicted octanol–water partition coefficient (Wildman–Crippen LogP) is 2.10. The molecule has 0 saturated carbocycles. The summed E-state index contributed by atoms with van der Waals surface area (Å²) in [6.45, 7) is 5.69. The minimum absolute atomic E-state index is 0.166. The largest absolute Gasteiger partial charge is 0.394 e. The van der Waals surface area contributed by atoms with Crippen molar-refractivity contribution in [2.24, 2.45) is 0 Å². The van der Waals surface area contributed by atoms with Gasteiger partial charge in [-0.2, -0.15) is 0 Å². The number of aliphatic hydroxyl groups is 1.